The minimum atomic E-state index is -1.70. The van der Waals surface area contributed by atoms with Gasteiger partial charge < -0.3 is 5.11 Å². The highest BCUT2D eigenvalue weighted by Crippen LogP contribution is 2.40. The lowest BCUT2D eigenvalue weighted by Crippen LogP contribution is -2.13. The summed E-state index contributed by atoms with van der Waals surface area (Å²) in [6, 6.07) is 9.77. The molecule has 6 rings (SSSR count). The Hall–Kier alpha value is -3.12. The van der Waals surface area contributed by atoms with Gasteiger partial charge in [-0.2, -0.15) is 9.65 Å². The molecule has 41 heavy (non-hydrogen) atoms. The predicted octanol–water partition coefficient (Wildman–Crippen LogP) is 6.89. The molecule has 4 aromatic rings. The number of carboxylic acids is 1. The van der Waals surface area contributed by atoms with E-state index in [4.69, 9.17) is 10.2 Å². The van der Waals surface area contributed by atoms with Crippen molar-refractivity contribution >= 4 is 28.7 Å². The number of thiazole rings is 1. The number of carboxylic acid groups (broad SMARTS) is 1. The molecule has 0 radical (unpaired) electrons. The molecule has 0 amide bonds. The van der Waals surface area contributed by atoms with Crippen molar-refractivity contribution in [2.45, 2.75) is 68.6 Å². The summed E-state index contributed by atoms with van der Waals surface area (Å²) in [4.78, 5) is 16.0. The van der Waals surface area contributed by atoms with Crippen LogP contribution in [0.5, 0.6) is 0 Å². The van der Waals surface area contributed by atoms with Crippen LogP contribution in [-0.2, 0) is 24.2 Å². The Balaban J connectivity index is 1.50. The van der Waals surface area contributed by atoms with Gasteiger partial charge in [0.1, 0.15) is 5.82 Å². The second kappa shape index (κ2) is 11.6. The van der Waals surface area contributed by atoms with Crippen LogP contribution in [0, 0.1) is 17.6 Å². The van der Waals surface area contributed by atoms with E-state index < -0.39 is 23.1 Å². The van der Waals surface area contributed by atoms with Gasteiger partial charge in [0, 0.05) is 29.0 Å². The second-order valence-corrected chi connectivity index (χ2v) is 12.9. The molecule has 11 heteroatoms. The van der Waals surface area contributed by atoms with Crippen LogP contribution in [0.1, 0.15) is 83.7 Å². The number of hydrogen-bond donors (Lipinski definition) is 3. The highest BCUT2D eigenvalue weighted by atomic mass is 32.2. The predicted molar refractivity (Wildman–Crippen MR) is 155 cm³/mol. The summed E-state index contributed by atoms with van der Waals surface area (Å²) >= 11 is -0.495. The highest BCUT2D eigenvalue weighted by Gasteiger charge is 2.30. The van der Waals surface area contributed by atoms with Crippen molar-refractivity contribution in [1.29, 1.82) is 0 Å². The third-order valence-corrected chi connectivity index (χ3v) is 9.68. The molecule has 4 N–H and O–H groups in total. The van der Waals surface area contributed by atoms with Crippen LogP contribution in [0.3, 0.4) is 0 Å². The summed E-state index contributed by atoms with van der Waals surface area (Å²) in [6.07, 6.45) is 8.44. The SMILES string of the molecule is N[S+](O)c1ccc(Cc2c(-c3ccc(F)c(C4CCCCC4)c3)nn(-c3nc(C(=O)O)cs3)c2CC2CC2)cc1F. The van der Waals surface area contributed by atoms with Gasteiger partial charge in [-0.3, -0.25) is 0 Å². The summed E-state index contributed by atoms with van der Waals surface area (Å²) in [5, 5.41) is 21.9. The maximum Gasteiger partial charge on any atom is 0.355 e. The molecule has 2 heterocycles. The third kappa shape index (κ3) is 5.94. The van der Waals surface area contributed by atoms with Crippen LogP contribution >= 0.6 is 11.3 Å². The molecule has 1 unspecified atom stereocenters. The summed E-state index contributed by atoms with van der Waals surface area (Å²) in [5.41, 5.74) is 4.49. The fraction of sp³-hybridized carbons (Fsp3) is 0.367. The van der Waals surface area contributed by atoms with Gasteiger partial charge in [-0.25, -0.2) is 23.2 Å². The van der Waals surface area contributed by atoms with Gasteiger partial charge in [0.25, 0.3) is 11.4 Å². The zero-order valence-corrected chi connectivity index (χ0v) is 24.0. The van der Waals surface area contributed by atoms with Crippen LogP contribution in [-0.4, -0.2) is 30.4 Å². The topological polar surface area (TPSA) is 114 Å². The van der Waals surface area contributed by atoms with Gasteiger partial charge in [0.2, 0.25) is 10.0 Å². The monoisotopic (exact) mass is 597 g/mol. The van der Waals surface area contributed by atoms with Crippen molar-refractivity contribution < 1.29 is 23.2 Å². The quantitative estimate of drug-likeness (QED) is 0.181. The standard InChI is InChI=1S/C30H30F2N4O3S2/c31-23-10-9-20(15-21(23)19-4-2-1-3-5-19)28-22(12-18-8-11-27(41(33)39)24(32)13-18)26(14-17-6-7-17)36(35-28)30-34-25(16-40-30)29(37)38/h8-11,13,15-17,19,39H,1-7,12,14,33H2/p+1. The molecule has 0 bridgehead atoms. The Morgan fingerprint density at radius 3 is 2.51 bits per heavy atom. The Labute approximate surface area is 243 Å². The lowest BCUT2D eigenvalue weighted by Gasteiger charge is -2.23. The van der Waals surface area contributed by atoms with Crippen LogP contribution in [0.25, 0.3) is 16.4 Å². The number of carbonyl (C=O) groups is 1. The van der Waals surface area contributed by atoms with E-state index in [0.29, 0.717) is 40.7 Å². The van der Waals surface area contributed by atoms with E-state index in [2.05, 4.69) is 4.98 Å². The molecule has 0 saturated heterocycles. The van der Waals surface area contributed by atoms with E-state index >= 15 is 4.39 Å². The first-order chi connectivity index (χ1) is 19.8. The maximum atomic E-state index is 15.1. The van der Waals surface area contributed by atoms with E-state index in [1.165, 1.54) is 41.3 Å². The molecule has 2 aliphatic rings. The molecule has 2 aromatic heterocycles. The van der Waals surface area contributed by atoms with Crippen LogP contribution in [0.2, 0.25) is 0 Å². The average Bonchev–Trinajstić information content (AvgIpc) is 3.51. The van der Waals surface area contributed by atoms with Crippen LogP contribution in [0.4, 0.5) is 8.78 Å². The van der Waals surface area contributed by atoms with Crippen molar-refractivity contribution in [2.24, 2.45) is 11.1 Å². The van der Waals surface area contributed by atoms with Gasteiger partial charge >= 0.3 is 5.97 Å². The highest BCUT2D eigenvalue weighted by molar-refractivity contribution is 7.89. The Morgan fingerprint density at radius 1 is 1.07 bits per heavy atom. The molecule has 2 aliphatic carbocycles. The number of aromatic nitrogens is 3. The van der Waals surface area contributed by atoms with Crippen molar-refractivity contribution in [2.75, 3.05) is 0 Å². The summed E-state index contributed by atoms with van der Waals surface area (Å²) < 4.78 is 41.4. The minimum absolute atomic E-state index is 0.0440. The van der Waals surface area contributed by atoms with Crippen molar-refractivity contribution in [1.82, 2.24) is 14.8 Å². The lowest BCUT2D eigenvalue weighted by molar-refractivity contribution is 0.0691. The van der Waals surface area contributed by atoms with Crippen molar-refractivity contribution in [3.8, 4) is 16.4 Å². The van der Waals surface area contributed by atoms with Crippen LogP contribution in [0.15, 0.2) is 46.7 Å². The molecule has 1 atom stereocenters. The Morgan fingerprint density at radius 2 is 1.85 bits per heavy atom. The molecule has 2 aromatic carbocycles. The van der Waals surface area contributed by atoms with Crippen LogP contribution < -0.4 is 5.14 Å². The molecule has 0 aliphatic heterocycles. The number of aromatic carboxylic acids is 1. The van der Waals surface area contributed by atoms with E-state index in [0.717, 1.165) is 55.3 Å². The second-order valence-electron chi connectivity index (χ2n) is 11.0. The molecular formula is C30H31F2N4O3S2+. The van der Waals surface area contributed by atoms with Crippen molar-refractivity contribution in [3.63, 3.8) is 0 Å². The number of hydrogen-bond acceptors (Lipinski definition) is 6. The van der Waals surface area contributed by atoms with E-state index in [9.17, 15) is 18.8 Å². The lowest BCUT2D eigenvalue weighted by atomic mass is 9.83. The first-order valence-corrected chi connectivity index (χ1v) is 16.0. The Kier molecular flexibility index (Phi) is 7.95. The normalized spacial score (nSPS) is 16.7. The zero-order chi connectivity index (χ0) is 28.7. The summed E-state index contributed by atoms with van der Waals surface area (Å²) in [6.45, 7) is 0. The molecule has 214 valence electrons. The van der Waals surface area contributed by atoms with Crippen molar-refractivity contribution in [3.05, 3.63) is 81.5 Å². The molecular weight excluding hydrogens is 566 g/mol. The third-order valence-electron chi connectivity index (χ3n) is 8.08. The number of nitrogens with zero attached hydrogens (tertiary/aromatic N) is 3. The summed E-state index contributed by atoms with van der Waals surface area (Å²) in [5.74, 6) is -1.29. The Bertz CT molecular complexity index is 1590. The first-order valence-electron chi connectivity index (χ1n) is 13.8. The molecule has 2 fully saturated rings. The van der Waals surface area contributed by atoms with E-state index in [1.54, 1.807) is 16.8 Å². The maximum absolute atomic E-state index is 15.1. The average molecular weight is 598 g/mol. The van der Waals surface area contributed by atoms with E-state index in [-0.39, 0.29) is 22.3 Å². The molecule has 0 spiro atoms. The van der Waals surface area contributed by atoms with Gasteiger partial charge in [0.05, 0.1) is 11.4 Å². The molecule has 7 nitrogen and oxygen atoms in total. The largest absolute Gasteiger partial charge is 0.476 e. The fourth-order valence-electron chi connectivity index (χ4n) is 5.77. The number of halogens is 2. The molecule has 2 saturated carbocycles. The smallest absolute Gasteiger partial charge is 0.355 e. The van der Waals surface area contributed by atoms with E-state index in [1.807, 2.05) is 6.07 Å². The van der Waals surface area contributed by atoms with Gasteiger partial charge in [-0.15, -0.1) is 16.5 Å². The number of nitrogens with two attached hydrogens (primary N) is 1. The zero-order valence-electron chi connectivity index (χ0n) is 22.4. The summed E-state index contributed by atoms with van der Waals surface area (Å²) in [7, 11) is 0. The van der Waals surface area contributed by atoms with Gasteiger partial charge in [-0.1, -0.05) is 25.3 Å². The fourth-order valence-corrected chi connectivity index (χ4v) is 7.01. The number of benzene rings is 2. The number of rotatable bonds is 9. The van der Waals surface area contributed by atoms with Gasteiger partial charge in [-0.05, 0) is 79.3 Å². The minimum Gasteiger partial charge on any atom is -0.476 e. The first kappa shape index (κ1) is 28.0. The van der Waals surface area contributed by atoms with Gasteiger partial charge in [0.15, 0.2) is 11.5 Å².